The minimum atomic E-state index is -1.71. The van der Waals surface area contributed by atoms with Crippen molar-refractivity contribution in [2.24, 2.45) is 0 Å². The molecular weight excluding hydrogens is 93.8 g/mol. The Kier molecular flexibility index (Phi) is 2.34. The summed E-state index contributed by atoms with van der Waals surface area (Å²) in [4.78, 5) is 7.76. The van der Waals surface area contributed by atoms with Crippen LogP contribution < -0.4 is 0 Å². The van der Waals surface area contributed by atoms with Crippen molar-refractivity contribution in [3.05, 3.63) is 0 Å². The predicted octanol–water partition coefficient (Wildman–Crippen LogP) is -2.53. The Bertz CT molecular complexity index is 62.7. The molecule has 1 aliphatic heterocycles. The summed E-state index contributed by atoms with van der Waals surface area (Å²) < 4.78 is 4.16. The second kappa shape index (κ2) is 2.18. The molecule has 0 unspecified atom stereocenters. The maximum absolute atomic E-state index is 8.27. The Morgan fingerprint density at radius 3 is 2.00 bits per heavy atom. The van der Waals surface area contributed by atoms with E-state index >= 15 is 0 Å². The van der Waals surface area contributed by atoms with Crippen molar-refractivity contribution in [1.29, 1.82) is 0 Å². The zero-order valence-electron chi connectivity index (χ0n) is 3.17. The first-order chi connectivity index (χ1) is 2.77. The molecule has 0 aromatic rings. The number of hydrogen-bond acceptors (Lipinski definition) is 4. The van der Waals surface area contributed by atoms with E-state index in [-0.39, 0.29) is 18.9 Å². The summed E-state index contributed by atoms with van der Waals surface area (Å²) in [6.45, 7) is 0. The van der Waals surface area contributed by atoms with Gasteiger partial charge in [0.25, 0.3) is 8.05 Å². The quantitative estimate of drug-likeness (QED) is 0.170. The second-order valence-corrected chi connectivity index (χ2v) is 0.895. The number of aliphatic hydroxyl groups is 1. The summed E-state index contributed by atoms with van der Waals surface area (Å²) in [6, 6.07) is 0. The van der Waals surface area contributed by atoms with Gasteiger partial charge in [0, 0.05) is 0 Å². The molecule has 36 valence electrons. The molecular formula is CH4BLiO4. The fourth-order valence-electron chi connectivity index (χ4n) is 0.104. The molecule has 6 heteroatoms. The molecule has 1 aliphatic rings. The van der Waals surface area contributed by atoms with Crippen molar-refractivity contribution in [1.82, 2.24) is 0 Å². The normalized spacial score (nSPS) is 23.0. The maximum atomic E-state index is 8.27. The molecule has 7 heavy (non-hydrogen) atoms. The van der Waals surface area contributed by atoms with Crippen molar-refractivity contribution in [3.63, 3.8) is 0 Å². The summed E-state index contributed by atoms with van der Waals surface area (Å²) in [5.74, 6) is 0. The van der Waals surface area contributed by atoms with Crippen LogP contribution in [-0.4, -0.2) is 38.2 Å². The Hall–Kier alpha value is 0.502. The van der Waals surface area contributed by atoms with Crippen LogP contribution in [0, 0.1) is 0 Å². The van der Waals surface area contributed by atoms with Crippen LogP contribution in [0.25, 0.3) is 0 Å². The van der Waals surface area contributed by atoms with Crippen molar-refractivity contribution >= 4 is 26.9 Å². The second-order valence-electron chi connectivity index (χ2n) is 0.895. The molecule has 0 aromatic heterocycles. The summed E-state index contributed by atoms with van der Waals surface area (Å²) >= 11 is 0. The van der Waals surface area contributed by atoms with Crippen LogP contribution >= 0.6 is 0 Å². The van der Waals surface area contributed by atoms with Gasteiger partial charge in [-0.15, -0.1) is 9.78 Å². The average Bonchev–Trinajstić information content (AvgIpc) is 2.22. The van der Waals surface area contributed by atoms with Gasteiger partial charge in [-0.2, -0.15) is 0 Å². The molecule has 1 fully saturated rings. The molecule has 0 radical (unpaired) electrons. The first-order valence-corrected chi connectivity index (χ1v) is 1.41. The summed E-state index contributed by atoms with van der Waals surface area (Å²) in [7, 11) is 1.27. The third-order valence-corrected chi connectivity index (χ3v) is 0.484. The monoisotopic (exact) mass is 98.0 g/mol. The molecule has 0 atom stereocenters. The number of rotatable bonds is 1. The van der Waals surface area contributed by atoms with E-state index in [4.69, 9.17) is 5.11 Å². The molecule has 0 spiro atoms. The van der Waals surface area contributed by atoms with Gasteiger partial charge in [0.05, 0.1) is 0 Å². The van der Waals surface area contributed by atoms with Crippen molar-refractivity contribution in [3.8, 4) is 0 Å². The number of hydrogen-bond donors (Lipinski definition) is 1. The average molecular weight is 97.8 g/mol. The van der Waals surface area contributed by atoms with E-state index in [1.807, 2.05) is 0 Å². The van der Waals surface area contributed by atoms with Crippen molar-refractivity contribution in [2.45, 2.75) is 6.16 Å². The van der Waals surface area contributed by atoms with E-state index in [1.165, 1.54) is 8.05 Å². The van der Waals surface area contributed by atoms with Gasteiger partial charge in [-0.05, 0) is 0 Å². The fourth-order valence-corrected chi connectivity index (χ4v) is 0.104. The van der Waals surface area contributed by atoms with Crippen LogP contribution in [0.15, 0.2) is 0 Å². The molecule has 0 aromatic carbocycles. The molecule has 0 amide bonds. The third-order valence-electron chi connectivity index (χ3n) is 0.484. The van der Waals surface area contributed by atoms with E-state index in [9.17, 15) is 0 Å². The summed E-state index contributed by atoms with van der Waals surface area (Å²) in [5, 5.41) is 8.27. The predicted molar refractivity (Wildman–Crippen MR) is 23.9 cm³/mol. The topological polar surface area (TPSA) is 54.5 Å². The van der Waals surface area contributed by atoms with Gasteiger partial charge in [-0.1, -0.05) is 0 Å². The van der Waals surface area contributed by atoms with E-state index in [0.717, 1.165) is 0 Å². The Morgan fingerprint density at radius 1 is 1.57 bits per heavy atom. The first kappa shape index (κ1) is 7.50. The summed E-state index contributed by atoms with van der Waals surface area (Å²) in [6.07, 6.45) is -1.71. The zero-order chi connectivity index (χ0) is 4.62. The van der Waals surface area contributed by atoms with Crippen LogP contribution in [0.4, 0.5) is 0 Å². The molecule has 1 saturated heterocycles. The molecule has 0 aliphatic carbocycles. The summed E-state index contributed by atoms with van der Waals surface area (Å²) in [5.41, 5.74) is 0. The molecule has 0 saturated carbocycles. The Labute approximate surface area is 53.3 Å². The van der Waals surface area contributed by atoms with Crippen molar-refractivity contribution < 1.29 is 19.5 Å². The van der Waals surface area contributed by atoms with Crippen LogP contribution in [-0.2, 0) is 14.4 Å². The van der Waals surface area contributed by atoms with Crippen LogP contribution in [0.2, 0.25) is 0 Å². The van der Waals surface area contributed by atoms with Crippen LogP contribution in [0.1, 0.15) is 0 Å². The molecule has 1 rings (SSSR count). The van der Waals surface area contributed by atoms with Crippen LogP contribution in [0.5, 0.6) is 0 Å². The van der Waals surface area contributed by atoms with E-state index in [0.29, 0.717) is 0 Å². The molecule has 1 N–H and O–H groups in total. The first-order valence-electron chi connectivity index (χ1n) is 1.41. The fraction of sp³-hybridized carbons (Fsp3) is 1.00. The van der Waals surface area contributed by atoms with Gasteiger partial charge < -0.3 is 9.76 Å². The Morgan fingerprint density at radius 2 is 2.00 bits per heavy atom. The third kappa shape index (κ3) is 1.82. The SMILES string of the molecule is BOC1(O)OO1.[LiH]. The van der Waals surface area contributed by atoms with E-state index in [2.05, 4.69) is 14.4 Å². The molecule has 0 bridgehead atoms. The van der Waals surface area contributed by atoms with Gasteiger partial charge in [0.15, 0.2) is 0 Å². The van der Waals surface area contributed by atoms with E-state index < -0.39 is 6.16 Å². The Balaban J connectivity index is 0.000000360. The van der Waals surface area contributed by atoms with Gasteiger partial charge >= 0.3 is 25.0 Å². The van der Waals surface area contributed by atoms with Gasteiger partial charge in [0.2, 0.25) is 0 Å². The van der Waals surface area contributed by atoms with E-state index in [1.54, 1.807) is 0 Å². The minimum absolute atomic E-state index is 0. The standard InChI is InChI=1S/CH3BO4.Li.H/c2-4-1(3)5-6-1;;/h3H,2H2;;. The van der Waals surface area contributed by atoms with Gasteiger partial charge in [-0.25, -0.2) is 0 Å². The zero-order valence-corrected chi connectivity index (χ0v) is 3.17. The van der Waals surface area contributed by atoms with Gasteiger partial charge in [0.1, 0.15) is 0 Å². The van der Waals surface area contributed by atoms with Crippen LogP contribution in [0.3, 0.4) is 0 Å². The molecule has 4 nitrogen and oxygen atoms in total. The van der Waals surface area contributed by atoms with Crippen molar-refractivity contribution in [2.75, 3.05) is 0 Å². The molecule has 1 heterocycles. The van der Waals surface area contributed by atoms with Gasteiger partial charge in [-0.3, -0.25) is 0 Å².